The summed E-state index contributed by atoms with van der Waals surface area (Å²) in [7, 11) is 0. The maximum absolute atomic E-state index is 11.1. The predicted octanol–water partition coefficient (Wildman–Crippen LogP) is 2.05. The zero-order valence-electron chi connectivity index (χ0n) is 8.87. The second kappa shape index (κ2) is 10.3. The molecule has 0 unspecified atom stereocenters. The van der Waals surface area contributed by atoms with Gasteiger partial charge >= 0.3 is 5.97 Å². The first-order valence-corrected chi connectivity index (χ1v) is 5.19. The number of rotatable bonds is 8. The fraction of sp³-hybridized carbons (Fsp3) is 0.727. The van der Waals surface area contributed by atoms with Crippen LogP contribution in [0.1, 0.15) is 39.0 Å². The molecule has 0 aliphatic carbocycles. The molecule has 0 heterocycles. The van der Waals surface area contributed by atoms with Gasteiger partial charge in [-0.05, 0) is 26.2 Å². The van der Waals surface area contributed by atoms with E-state index in [4.69, 9.17) is 9.84 Å². The third-order valence-electron chi connectivity index (χ3n) is 1.82. The Morgan fingerprint density at radius 2 is 2.14 bits per heavy atom. The van der Waals surface area contributed by atoms with E-state index in [9.17, 15) is 4.79 Å². The molecule has 0 aromatic heterocycles. The maximum Gasteiger partial charge on any atom is 0.305 e. The quantitative estimate of drug-likeness (QED) is 0.370. The van der Waals surface area contributed by atoms with E-state index in [1.807, 2.05) is 19.1 Å². The Morgan fingerprint density at radius 1 is 1.36 bits per heavy atom. The SMILES string of the molecule is C/C=C/CCOC(=O)CCCCCO. The molecule has 0 saturated carbocycles. The van der Waals surface area contributed by atoms with Crippen LogP contribution in [0.3, 0.4) is 0 Å². The number of carbonyl (C=O) groups is 1. The lowest BCUT2D eigenvalue weighted by atomic mass is 10.2. The predicted molar refractivity (Wildman–Crippen MR) is 55.9 cm³/mol. The van der Waals surface area contributed by atoms with Gasteiger partial charge < -0.3 is 9.84 Å². The van der Waals surface area contributed by atoms with Crippen LogP contribution in [0.2, 0.25) is 0 Å². The second-order valence-corrected chi connectivity index (χ2v) is 3.11. The van der Waals surface area contributed by atoms with Crippen LogP contribution in [0, 0.1) is 0 Å². The third-order valence-corrected chi connectivity index (χ3v) is 1.82. The highest BCUT2D eigenvalue weighted by Crippen LogP contribution is 2.01. The van der Waals surface area contributed by atoms with Gasteiger partial charge in [0.15, 0.2) is 0 Å². The topological polar surface area (TPSA) is 46.5 Å². The minimum absolute atomic E-state index is 0.132. The van der Waals surface area contributed by atoms with Gasteiger partial charge in [-0.15, -0.1) is 0 Å². The molecular weight excluding hydrogens is 180 g/mol. The first-order chi connectivity index (χ1) is 6.81. The molecule has 0 radical (unpaired) electrons. The zero-order valence-corrected chi connectivity index (χ0v) is 8.87. The van der Waals surface area contributed by atoms with E-state index in [2.05, 4.69) is 0 Å². The Balaban J connectivity index is 3.19. The molecule has 0 rings (SSSR count). The van der Waals surface area contributed by atoms with E-state index >= 15 is 0 Å². The Hall–Kier alpha value is -0.830. The normalized spacial score (nSPS) is 10.7. The van der Waals surface area contributed by atoms with Crippen LogP contribution < -0.4 is 0 Å². The summed E-state index contributed by atoms with van der Waals surface area (Å²) in [6.45, 7) is 2.62. The second-order valence-electron chi connectivity index (χ2n) is 3.11. The van der Waals surface area contributed by atoms with E-state index in [1.165, 1.54) is 0 Å². The molecule has 0 aromatic carbocycles. The minimum Gasteiger partial charge on any atom is -0.465 e. The Morgan fingerprint density at radius 3 is 2.79 bits per heavy atom. The smallest absolute Gasteiger partial charge is 0.305 e. The third kappa shape index (κ3) is 9.26. The van der Waals surface area contributed by atoms with Crippen molar-refractivity contribution in [2.24, 2.45) is 0 Å². The molecule has 0 saturated heterocycles. The van der Waals surface area contributed by atoms with Crippen LogP contribution in [0.25, 0.3) is 0 Å². The molecule has 82 valence electrons. The van der Waals surface area contributed by atoms with Crippen LogP contribution in [0.5, 0.6) is 0 Å². The molecule has 14 heavy (non-hydrogen) atoms. The van der Waals surface area contributed by atoms with Gasteiger partial charge in [0.1, 0.15) is 0 Å². The van der Waals surface area contributed by atoms with Gasteiger partial charge in [0, 0.05) is 13.0 Å². The van der Waals surface area contributed by atoms with Crippen molar-refractivity contribution in [1.82, 2.24) is 0 Å². The summed E-state index contributed by atoms with van der Waals surface area (Å²) in [5.41, 5.74) is 0. The number of hydrogen-bond donors (Lipinski definition) is 1. The van der Waals surface area contributed by atoms with Crippen LogP contribution in [-0.2, 0) is 9.53 Å². The Kier molecular flexibility index (Phi) is 9.64. The summed E-state index contributed by atoms with van der Waals surface area (Å²) in [6.07, 6.45) is 7.64. The van der Waals surface area contributed by atoms with Gasteiger partial charge in [-0.2, -0.15) is 0 Å². The van der Waals surface area contributed by atoms with Crippen LogP contribution in [-0.4, -0.2) is 24.3 Å². The van der Waals surface area contributed by atoms with Crippen molar-refractivity contribution in [2.75, 3.05) is 13.2 Å². The molecule has 0 aliphatic rings. The first kappa shape index (κ1) is 13.2. The van der Waals surface area contributed by atoms with Crippen LogP contribution in [0.4, 0.5) is 0 Å². The molecule has 0 aromatic rings. The van der Waals surface area contributed by atoms with E-state index < -0.39 is 0 Å². The summed E-state index contributed by atoms with van der Waals surface area (Å²) in [5, 5.41) is 8.51. The molecule has 0 fully saturated rings. The van der Waals surface area contributed by atoms with Crippen molar-refractivity contribution >= 4 is 5.97 Å². The lowest BCUT2D eigenvalue weighted by Crippen LogP contribution is -2.05. The fourth-order valence-electron chi connectivity index (χ4n) is 1.04. The summed E-state index contributed by atoms with van der Waals surface area (Å²) >= 11 is 0. The van der Waals surface area contributed by atoms with Crippen LogP contribution in [0.15, 0.2) is 12.2 Å². The molecule has 3 heteroatoms. The van der Waals surface area contributed by atoms with Gasteiger partial charge in [0.25, 0.3) is 0 Å². The van der Waals surface area contributed by atoms with Gasteiger partial charge in [-0.1, -0.05) is 18.6 Å². The van der Waals surface area contributed by atoms with E-state index in [0.29, 0.717) is 13.0 Å². The molecule has 0 amide bonds. The molecule has 0 spiro atoms. The number of unbranched alkanes of at least 4 members (excludes halogenated alkanes) is 2. The number of allylic oxidation sites excluding steroid dienone is 1. The number of aliphatic hydroxyl groups is 1. The lowest BCUT2D eigenvalue weighted by Gasteiger charge is -2.02. The van der Waals surface area contributed by atoms with Crippen molar-refractivity contribution in [3.8, 4) is 0 Å². The fourth-order valence-corrected chi connectivity index (χ4v) is 1.04. The highest BCUT2D eigenvalue weighted by atomic mass is 16.5. The molecule has 1 N–H and O–H groups in total. The van der Waals surface area contributed by atoms with Crippen LogP contribution >= 0.6 is 0 Å². The standard InChI is InChI=1S/C11H20O3/c1-2-3-7-10-14-11(13)8-5-4-6-9-12/h2-3,12H,4-10H2,1H3/b3-2+. The average Bonchev–Trinajstić information content (AvgIpc) is 2.19. The Bertz CT molecular complexity index is 164. The molecule has 0 aliphatic heterocycles. The molecule has 0 bridgehead atoms. The minimum atomic E-state index is -0.132. The van der Waals surface area contributed by atoms with Crippen molar-refractivity contribution in [2.45, 2.75) is 39.0 Å². The number of aliphatic hydroxyl groups excluding tert-OH is 1. The van der Waals surface area contributed by atoms with E-state index in [1.54, 1.807) is 0 Å². The molecular formula is C11H20O3. The summed E-state index contributed by atoms with van der Waals surface area (Å²) in [5.74, 6) is -0.132. The number of carbonyl (C=O) groups excluding carboxylic acids is 1. The highest BCUT2D eigenvalue weighted by Gasteiger charge is 2.00. The average molecular weight is 200 g/mol. The van der Waals surface area contributed by atoms with Crippen molar-refractivity contribution in [3.63, 3.8) is 0 Å². The van der Waals surface area contributed by atoms with Crippen molar-refractivity contribution < 1.29 is 14.6 Å². The van der Waals surface area contributed by atoms with Gasteiger partial charge in [0.2, 0.25) is 0 Å². The number of hydrogen-bond acceptors (Lipinski definition) is 3. The maximum atomic E-state index is 11.1. The summed E-state index contributed by atoms with van der Waals surface area (Å²) in [6, 6.07) is 0. The first-order valence-electron chi connectivity index (χ1n) is 5.19. The van der Waals surface area contributed by atoms with E-state index in [-0.39, 0.29) is 12.6 Å². The van der Waals surface area contributed by atoms with Gasteiger partial charge in [-0.3, -0.25) is 4.79 Å². The molecule has 3 nitrogen and oxygen atoms in total. The highest BCUT2D eigenvalue weighted by molar-refractivity contribution is 5.69. The molecule has 0 atom stereocenters. The lowest BCUT2D eigenvalue weighted by molar-refractivity contribution is -0.143. The summed E-state index contributed by atoms with van der Waals surface area (Å²) < 4.78 is 4.97. The Labute approximate surface area is 85.8 Å². The number of esters is 1. The zero-order chi connectivity index (χ0) is 10.6. The van der Waals surface area contributed by atoms with Gasteiger partial charge in [-0.25, -0.2) is 0 Å². The monoisotopic (exact) mass is 200 g/mol. The van der Waals surface area contributed by atoms with Crippen molar-refractivity contribution in [1.29, 1.82) is 0 Å². The summed E-state index contributed by atoms with van der Waals surface area (Å²) in [4.78, 5) is 11.1. The van der Waals surface area contributed by atoms with E-state index in [0.717, 1.165) is 25.7 Å². The number of ether oxygens (including phenoxy) is 1. The van der Waals surface area contributed by atoms with Crippen molar-refractivity contribution in [3.05, 3.63) is 12.2 Å². The van der Waals surface area contributed by atoms with Gasteiger partial charge in [0.05, 0.1) is 6.61 Å². The largest absolute Gasteiger partial charge is 0.465 e.